The van der Waals surface area contributed by atoms with Gasteiger partial charge in [-0.3, -0.25) is 13.9 Å². The molecule has 0 unspecified atom stereocenters. The Labute approximate surface area is 181 Å². The molecule has 0 aliphatic rings. The summed E-state index contributed by atoms with van der Waals surface area (Å²) in [5, 5.41) is 0. The van der Waals surface area contributed by atoms with E-state index in [9.17, 15) is 27.2 Å². The van der Waals surface area contributed by atoms with Crippen LogP contribution in [0.4, 0.5) is 17.6 Å². The van der Waals surface area contributed by atoms with Gasteiger partial charge < -0.3 is 10.6 Å². The summed E-state index contributed by atoms with van der Waals surface area (Å²) in [5.41, 5.74) is 3.04. The molecule has 0 saturated carbocycles. The third-order valence-corrected chi connectivity index (χ3v) is 5.47. The fourth-order valence-corrected chi connectivity index (χ4v) is 3.77. The number of fused-ring (bicyclic) bond motifs is 1. The molecule has 0 radical (unpaired) electrons. The third kappa shape index (κ3) is 4.69. The number of aromatic nitrogens is 2. The molecule has 6 nitrogen and oxygen atoms in total. The molecule has 3 rings (SSSR count). The summed E-state index contributed by atoms with van der Waals surface area (Å²) in [4.78, 5) is 27.0. The molecule has 0 spiro atoms. The zero-order chi connectivity index (χ0) is 23.6. The Morgan fingerprint density at radius 1 is 1.09 bits per heavy atom. The zero-order valence-corrected chi connectivity index (χ0v) is 17.7. The average molecular weight is 452 g/mol. The molecular formula is C22H24F4N4O2. The molecule has 0 aliphatic carbocycles. The molecule has 1 amide bonds. The van der Waals surface area contributed by atoms with Crippen molar-refractivity contribution in [3.63, 3.8) is 0 Å². The second kappa shape index (κ2) is 9.15. The predicted molar refractivity (Wildman–Crippen MR) is 113 cm³/mol. The number of primary amides is 1. The van der Waals surface area contributed by atoms with Gasteiger partial charge in [0.2, 0.25) is 5.91 Å². The Morgan fingerprint density at radius 2 is 1.78 bits per heavy atom. The third-order valence-electron chi connectivity index (χ3n) is 5.47. The van der Waals surface area contributed by atoms with Crippen LogP contribution in [0.5, 0.6) is 0 Å². The molecule has 0 aliphatic heterocycles. The van der Waals surface area contributed by atoms with E-state index in [-0.39, 0.29) is 29.7 Å². The van der Waals surface area contributed by atoms with Crippen LogP contribution in [-0.2, 0) is 19.3 Å². The molecule has 1 aromatic heterocycles. The van der Waals surface area contributed by atoms with E-state index in [1.54, 1.807) is 0 Å². The lowest BCUT2D eigenvalue weighted by molar-refractivity contribution is -0.136. The Balaban J connectivity index is 2.29. The molecule has 3 aromatic rings. The molecule has 32 heavy (non-hydrogen) atoms. The van der Waals surface area contributed by atoms with E-state index < -0.39 is 29.2 Å². The summed E-state index contributed by atoms with van der Waals surface area (Å²) in [6, 6.07) is 7.18. The highest BCUT2D eigenvalue weighted by Gasteiger charge is 2.36. The van der Waals surface area contributed by atoms with Gasteiger partial charge in [-0.1, -0.05) is 26.0 Å². The van der Waals surface area contributed by atoms with Crippen LogP contribution in [-0.4, -0.2) is 39.6 Å². The van der Waals surface area contributed by atoms with Crippen molar-refractivity contribution in [3.05, 3.63) is 69.4 Å². The van der Waals surface area contributed by atoms with Gasteiger partial charge in [-0.15, -0.1) is 0 Å². The minimum atomic E-state index is -4.84. The highest BCUT2D eigenvalue weighted by molar-refractivity contribution is 5.97. The number of hydrogen-bond acceptors (Lipinski definition) is 3. The zero-order valence-electron chi connectivity index (χ0n) is 17.7. The lowest BCUT2D eigenvalue weighted by atomic mass is 10.1. The van der Waals surface area contributed by atoms with E-state index in [0.29, 0.717) is 31.3 Å². The van der Waals surface area contributed by atoms with Crippen molar-refractivity contribution in [1.29, 1.82) is 0 Å². The molecule has 1 heterocycles. The minimum Gasteiger partial charge on any atom is -0.366 e. The van der Waals surface area contributed by atoms with Gasteiger partial charge in [-0.05, 0) is 42.9 Å². The summed E-state index contributed by atoms with van der Waals surface area (Å²) >= 11 is 0. The van der Waals surface area contributed by atoms with E-state index >= 15 is 0 Å². The van der Waals surface area contributed by atoms with Crippen LogP contribution >= 0.6 is 0 Å². The minimum absolute atomic E-state index is 0.0396. The fraction of sp³-hybridized carbons (Fsp3) is 0.364. The van der Waals surface area contributed by atoms with Crippen molar-refractivity contribution in [2.24, 2.45) is 5.73 Å². The van der Waals surface area contributed by atoms with E-state index in [1.165, 1.54) is 28.8 Å². The molecule has 0 fully saturated rings. The molecule has 172 valence electrons. The van der Waals surface area contributed by atoms with Gasteiger partial charge in [-0.25, -0.2) is 9.18 Å². The first-order valence-corrected chi connectivity index (χ1v) is 10.2. The number of nitrogens with zero attached hydrogens (tertiary/aromatic N) is 3. The van der Waals surface area contributed by atoms with E-state index in [0.717, 1.165) is 10.6 Å². The topological polar surface area (TPSA) is 73.3 Å². The Kier molecular flexibility index (Phi) is 6.73. The van der Waals surface area contributed by atoms with Crippen molar-refractivity contribution >= 4 is 16.9 Å². The van der Waals surface area contributed by atoms with Gasteiger partial charge in [0.25, 0.3) is 0 Å². The van der Waals surface area contributed by atoms with Crippen LogP contribution < -0.4 is 11.4 Å². The number of amides is 1. The van der Waals surface area contributed by atoms with E-state index in [4.69, 9.17) is 5.73 Å². The van der Waals surface area contributed by atoms with Crippen LogP contribution in [0.1, 0.15) is 35.3 Å². The van der Waals surface area contributed by atoms with Gasteiger partial charge >= 0.3 is 11.9 Å². The maximum Gasteiger partial charge on any atom is 0.418 e. The SMILES string of the molecule is CCN(CC)CCn1c(=O)n(Cc2cccc(F)c2)c2c(C(F)(F)F)cc(C(N)=O)cc21. The second-order valence-electron chi connectivity index (χ2n) is 7.43. The first-order valence-electron chi connectivity index (χ1n) is 10.2. The largest absolute Gasteiger partial charge is 0.418 e. The number of halogens is 4. The number of rotatable bonds is 8. The maximum absolute atomic E-state index is 14.0. The summed E-state index contributed by atoms with van der Waals surface area (Å²) in [7, 11) is 0. The number of hydrogen-bond donors (Lipinski definition) is 1. The lowest BCUT2D eigenvalue weighted by Gasteiger charge is -2.18. The number of carbonyl (C=O) groups is 1. The fourth-order valence-electron chi connectivity index (χ4n) is 3.77. The molecule has 0 saturated heterocycles. The summed E-state index contributed by atoms with van der Waals surface area (Å²) in [5.74, 6) is -1.59. The number of benzene rings is 2. The molecular weight excluding hydrogens is 428 g/mol. The molecule has 10 heteroatoms. The number of imidazole rings is 1. The number of carbonyl (C=O) groups excluding carboxylic acids is 1. The summed E-state index contributed by atoms with van der Waals surface area (Å²) in [6.45, 7) is 5.56. The highest BCUT2D eigenvalue weighted by atomic mass is 19.4. The lowest BCUT2D eigenvalue weighted by Crippen LogP contribution is -2.32. The van der Waals surface area contributed by atoms with Crippen molar-refractivity contribution in [3.8, 4) is 0 Å². The van der Waals surface area contributed by atoms with Crippen LogP contribution in [0.15, 0.2) is 41.2 Å². The van der Waals surface area contributed by atoms with Crippen molar-refractivity contribution in [1.82, 2.24) is 14.0 Å². The molecule has 2 N–H and O–H groups in total. The van der Waals surface area contributed by atoms with Crippen molar-refractivity contribution in [2.45, 2.75) is 33.1 Å². The van der Waals surface area contributed by atoms with Crippen LogP contribution in [0.25, 0.3) is 11.0 Å². The Bertz CT molecular complexity index is 1190. The monoisotopic (exact) mass is 452 g/mol. The van der Waals surface area contributed by atoms with Gasteiger partial charge in [-0.2, -0.15) is 13.2 Å². The highest BCUT2D eigenvalue weighted by Crippen LogP contribution is 2.36. The predicted octanol–water partition coefficient (Wildman–Crippen LogP) is 3.45. The second-order valence-corrected chi connectivity index (χ2v) is 7.43. The Morgan fingerprint density at radius 3 is 2.34 bits per heavy atom. The van der Waals surface area contributed by atoms with Crippen LogP contribution in [0, 0.1) is 5.82 Å². The molecule has 2 aromatic carbocycles. The summed E-state index contributed by atoms with van der Waals surface area (Å²) < 4.78 is 57.7. The van der Waals surface area contributed by atoms with E-state index in [1.807, 2.05) is 18.7 Å². The standard InChI is InChI=1S/C22H24F4N4O2/c1-3-28(4-2)8-9-29-18-12-15(20(27)31)11-17(22(24,25)26)19(18)30(21(29)32)13-14-6-5-7-16(23)10-14/h5-7,10-12H,3-4,8-9,13H2,1-2H3,(H2,27,31). The molecule has 0 atom stereocenters. The van der Waals surface area contributed by atoms with Crippen molar-refractivity contribution in [2.75, 3.05) is 19.6 Å². The van der Waals surface area contributed by atoms with E-state index in [2.05, 4.69) is 0 Å². The van der Waals surface area contributed by atoms with Gasteiger partial charge in [0.1, 0.15) is 5.82 Å². The van der Waals surface area contributed by atoms with Gasteiger partial charge in [0, 0.05) is 18.7 Å². The normalized spacial score (nSPS) is 12.1. The first-order chi connectivity index (χ1) is 15.1. The number of nitrogens with two attached hydrogens (primary N) is 1. The summed E-state index contributed by atoms with van der Waals surface area (Å²) in [6.07, 6.45) is -4.84. The first kappa shape index (κ1) is 23.5. The van der Waals surface area contributed by atoms with Crippen LogP contribution in [0.3, 0.4) is 0 Å². The van der Waals surface area contributed by atoms with Gasteiger partial charge in [0.15, 0.2) is 0 Å². The smallest absolute Gasteiger partial charge is 0.366 e. The maximum atomic E-state index is 14.0. The van der Waals surface area contributed by atoms with Gasteiger partial charge in [0.05, 0.1) is 23.1 Å². The molecule has 0 bridgehead atoms. The van der Waals surface area contributed by atoms with Crippen molar-refractivity contribution < 1.29 is 22.4 Å². The average Bonchev–Trinajstić information content (AvgIpc) is 2.98. The Hall–Kier alpha value is -3.14. The van der Waals surface area contributed by atoms with Crippen LogP contribution in [0.2, 0.25) is 0 Å². The quantitative estimate of drug-likeness (QED) is 0.532. The number of likely N-dealkylation sites (N-methyl/N-ethyl adjacent to an activating group) is 1. The number of alkyl halides is 3.